The van der Waals surface area contributed by atoms with Crippen molar-refractivity contribution in [3.63, 3.8) is 0 Å². The number of nitrogens with zero attached hydrogens (tertiary/aromatic N) is 2. The molecule has 0 radical (unpaired) electrons. The van der Waals surface area contributed by atoms with Gasteiger partial charge in [0.1, 0.15) is 11.6 Å². The summed E-state index contributed by atoms with van der Waals surface area (Å²) in [7, 11) is 1.46. The van der Waals surface area contributed by atoms with Crippen molar-refractivity contribution in [2.45, 2.75) is 6.54 Å². The molecular weight excluding hydrogens is 259 g/mol. The summed E-state index contributed by atoms with van der Waals surface area (Å²) in [4.78, 5) is 15.3. The number of rotatable bonds is 3. The fraction of sp³-hybridized carbons (Fsp3) is 0.167. The van der Waals surface area contributed by atoms with Crippen LogP contribution >= 0.6 is 11.6 Å². The molecule has 94 valence electrons. The Hall–Kier alpha value is -1.88. The lowest BCUT2D eigenvalue weighted by atomic mass is 10.2. The van der Waals surface area contributed by atoms with Gasteiger partial charge >= 0.3 is 0 Å². The Labute approximate surface area is 108 Å². The Morgan fingerprint density at radius 2 is 2.28 bits per heavy atom. The molecule has 0 N–H and O–H groups in total. The summed E-state index contributed by atoms with van der Waals surface area (Å²) in [6.45, 7) is 0.0941. The fourth-order valence-corrected chi connectivity index (χ4v) is 1.68. The molecule has 0 atom stereocenters. The third-order valence-electron chi connectivity index (χ3n) is 2.47. The van der Waals surface area contributed by atoms with E-state index in [2.05, 4.69) is 4.98 Å². The smallest absolute Gasteiger partial charge is 0.288 e. The molecule has 0 bridgehead atoms. The topological polar surface area (TPSA) is 44.1 Å². The van der Waals surface area contributed by atoms with Crippen LogP contribution in [0.5, 0.6) is 5.75 Å². The lowest BCUT2D eigenvalue weighted by Gasteiger charge is -2.08. The fourth-order valence-electron chi connectivity index (χ4n) is 1.51. The van der Waals surface area contributed by atoms with E-state index in [0.717, 1.165) is 0 Å². The van der Waals surface area contributed by atoms with Crippen LogP contribution in [-0.2, 0) is 6.54 Å². The Kier molecular flexibility index (Phi) is 3.62. The van der Waals surface area contributed by atoms with Crippen LogP contribution in [0.3, 0.4) is 0 Å². The molecule has 2 rings (SSSR count). The van der Waals surface area contributed by atoms with Crippen LogP contribution in [0, 0.1) is 5.82 Å². The second kappa shape index (κ2) is 5.18. The lowest BCUT2D eigenvalue weighted by molar-refractivity contribution is 0.410. The predicted octanol–water partition coefficient (Wildman–Crippen LogP) is 2.09. The van der Waals surface area contributed by atoms with Gasteiger partial charge in [-0.05, 0) is 6.07 Å². The second-order valence-electron chi connectivity index (χ2n) is 3.61. The average Bonchev–Trinajstić information content (AvgIpc) is 2.37. The summed E-state index contributed by atoms with van der Waals surface area (Å²) in [5, 5.41) is -0.133. The molecule has 0 unspecified atom stereocenters. The number of halogens is 2. The molecule has 0 aliphatic rings. The van der Waals surface area contributed by atoms with Gasteiger partial charge in [0.15, 0.2) is 5.15 Å². The van der Waals surface area contributed by atoms with Crippen LogP contribution in [0.4, 0.5) is 4.39 Å². The second-order valence-corrected chi connectivity index (χ2v) is 3.97. The Bertz CT molecular complexity index is 628. The zero-order valence-electron chi connectivity index (χ0n) is 9.56. The van der Waals surface area contributed by atoms with Crippen molar-refractivity contribution < 1.29 is 9.13 Å². The summed E-state index contributed by atoms with van der Waals surface area (Å²) < 4.78 is 19.9. The highest BCUT2D eigenvalue weighted by atomic mass is 35.5. The maximum absolute atomic E-state index is 13.7. The zero-order valence-corrected chi connectivity index (χ0v) is 10.3. The minimum absolute atomic E-state index is 0.0941. The first kappa shape index (κ1) is 12.6. The first-order chi connectivity index (χ1) is 8.61. The Balaban J connectivity index is 2.34. The van der Waals surface area contributed by atoms with Crippen molar-refractivity contribution in [1.82, 2.24) is 9.55 Å². The predicted molar refractivity (Wildman–Crippen MR) is 65.6 cm³/mol. The van der Waals surface area contributed by atoms with E-state index in [9.17, 15) is 9.18 Å². The number of hydrogen-bond donors (Lipinski definition) is 0. The van der Waals surface area contributed by atoms with Gasteiger partial charge in [-0.15, -0.1) is 0 Å². The van der Waals surface area contributed by atoms with Gasteiger partial charge in [0.25, 0.3) is 5.56 Å². The van der Waals surface area contributed by atoms with Crippen LogP contribution in [0.25, 0.3) is 0 Å². The van der Waals surface area contributed by atoms with Crippen LogP contribution in [0.2, 0.25) is 5.15 Å². The van der Waals surface area contributed by atoms with E-state index in [1.54, 1.807) is 12.1 Å². The van der Waals surface area contributed by atoms with Gasteiger partial charge in [-0.3, -0.25) is 4.79 Å². The van der Waals surface area contributed by atoms with Crippen molar-refractivity contribution >= 4 is 11.6 Å². The number of methoxy groups -OCH3 is 1. The minimum Gasteiger partial charge on any atom is -0.497 e. The van der Waals surface area contributed by atoms with Crippen LogP contribution in [-0.4, -0.2) is 16.7 Å². The third-order valence-corrected chi connectivity index (χ3v) is 2.73. The van der Waals surface area contributed by atoms with Gasteiger partial charge < -0.3 is 9.30 Å². The standard InChI is InChI=1S/C12H10ClFN2O2/c1-18-9-3-2-8(10(14)6-9)7-16-5-4-15-11(13)12(16)17/h2-6H,7H2,1H3. The lowest BCUT2D eigenvalue weighted by Crippen LogP contribution is -2.21. The monoisotopic (exact) mass is 268 g/mol. The first-order valence-electron chi connectivity index (χ1n) is 5.15. The van der Waals surface area contributed by atoms with Crippen LogP contribution in [0.1, 0.15) is 5.56 Å². The number of hydrogen-bond acceptors (Lipinski definition) is 3. The molecule has 0 spiro atoms. The molecular formula is C12H10ClFN2O2. The van der Waals surface area contributed by atoms with Gasteiger partial charge in [0.2, 0.25) is 0 Å². The molecule has 1 heterocycles. The van der Waals surface area contributed by atoms with E-state index in [0.29, 0.717) is 11.3 Å². The summed E-state index contributed by atoms with van der Waals surface area (Å²) >= 11 is 5.61. The highest BCUT2D eigenvalue weighted by molar-refractivity contribution is 6.29. The van der Waals surface area contributed by atoms with E-state index in [1.165, 1.54) is 30.1 Å². The molecule has 1 aromatic heterocycles. The molecule has 0 aliphatic heterocycles. The van der Waals surface area contributed by atoms with E-state index >= 15 is 0 Å². The Morgan fingerprint density at radius 1 is 1.50 bits per heavy atom. The molecule has 0 saturated heterocycles. The van der Waals surface area contributed by atoms with Crippen LogP contribution < -0.4 is 10.3 Å². The Morgan fingerprint density at radius 3 is 2.94 bits per heavy atom. The van der Waals surface area contributed by atoms with Crippen molar-refractivity contribution in [3.05, 3.63) is 57.5 Å². The largest absolute Gasteiger partial charge is 0.497 e. The highest BCUT2D eigenvalue weighted by Crippen LogP contribution is 2.16. The quantitative estimate of drug-likeness (QED) is 0.856. The SMILES string of the molecule is COc1ccc(Cn2ccnc(Cl)c2=O)c(F)c1. The van der Waals surface area contributed by atoms with Gasteiger partial charge in [0.05, 0.1) is 13.7 Å². The molecule has 0 saturated carbocycles. The highest BCUT2D eigenvalue weighted by Gasteiger charge is 2.07. The average molecular weight is 269 g/mol. The summed E-state index contributed by atoms with van der Waals surface area (Å²) in [6, 6.07) is 4.46. The molecule has 4 nitrogen and oxygen atoms in total. The van der Waals surface area contributed by atoms with Crippen LogP contribution in [0.15, 0.2) is 35.4 Å². The summed E-state index contributed by atoms with van der Waals surface area (Å²) in [5.74, 6) is -0.00876. The van der Waals surface area contributed by atoms with E-state index in [4.69, 9.17) is 16.3 Å². The molecule has 0 amide bonds. The van der Waals surface area contributed by atoms with E-state index in [1.807, 2.05) is 0 Å². The maximum Gasteiger partial charge on any atom is 0.288 e. The third kappa shape index (κ3) is 2.51. The van der Waals surface area contributed by atoms with Crippen molar-refractivity contribution in [3.8, 4) is 5.75 Å². The maximum atomic E-state index is 13.7. The summed E-state index contributed by atoms with van der Waals surface area (Å²) in [5.41, 5.74) is -0.0745. The van der Waals surface area contributed by atoms with E-state index in [-0.39, 0.29) is 11.7 Å². The zero-order chi connectivity index (χ0) is 13.1. The number of ether oxygens (including phenoxy) is 1. The van der Waals surface area contributed by atoms with Crippen molar-refractivity contribution in [2.75, 3.05) is 7.11 Å². The summed E-state index contributed by atoms with van der Waals surface area (Å²) in [6.07, 6.45) is 2.85. The van der Waals surface area contributed by atoms with E-state index < -0.39 is 11.4 Å². The first-order valence-corrected chi connectivity index (χ1v) is 5.53. The molecule has 1 aromatic carbocycles. The molecule has 0 fully saturated rings. The van der Waals surface area contributed by atoms with Gasteiger partial charge in [-0.2, -0.15) is 0 Å². The van der Waals surface area contributed by atoms with Crippen molar-refractivity contribution in [1.29, 1.82) is 0 Å². The normalized spacial score (nSPS) is 10.4. The van der Waals surface area contributed by atoms with Gasteiger partial charge in [-0.25, -0.2) is 9.37 Å². The van der Waals surface area contributed by atoms with Crippen molar-refractivity contribution in [2.24, 2.45) is 0 Å². The number of aromatic nitrogens is 2. The molecule has 2 aromatic rings. The molecule has 6 heteroatoms. The van der Waals surface area contributed by atoms with Gasteiger partial charge in [-0.1, -0.05) is 17.7 Å². The van der Waals surface area contributed by atoms with Gasteiger partial charge in [0, 0.05) is 24.0 Å². The minimum atomic E-state index is -0.450. The molecule has 18 heavy (non-hydrogen) atoms. The molecule has 0 aliphatic carbocycles. The number of benzene rings is 1.